The Bertz CT molecular complexity index is 615. The minimum absolute atomic E-state index is 0.339. The first-order chi connectivity index (χ1) is 9.50. The molecule has 0 bridgehead atoms. The molecule has 0 aliphatic carbocycles. The standard InChI is InChI=1S/C13H10F3N3S/c14-13(15,16)12-5-10(2-1-9(12)6-17)18-4-3-11-7-20-8-19-11/h1-2,5,7-8,18H,3-4H2. The van der Waals surface area contributed by atoms with Crippen LogP contribution in [-0.4, -0.2) is 11.5 Å². The number of halogens is 3. The molecule has 0 atom stereocenters. The summed E-state index contributed by atoms with van der Waals surface area (Å²) in [4.78, 5) is 4.09. The molecule has 2 aromatic rings. The van der Waals surface area contributed by atoms with Crippen LogP contribution in [0, 0.1) is 11.3 Å². The van der Waals surface area contributed by atoms with E-state index in [1.807, 2.05) is 5.38 Å². The average Bonchev–Trinajstić information content (AvgIpc) is 2.91. The predicted molar refractivity (Wildman–Crippen MR) is 70.5 cm³/mol. The third kappa shape index (κ3) is 3.48. The van der Waals surface area contributed by atoms with Gasteiger partial charge in [-0.2, -0.15) is 18.4 Å². The summed E-state index contributed by atoms with van der Waals surface area (Å²) < 4.78 is 38.3. The normalized spacial score (nSPS) is 11.1. The van der Waals surface area contributed by atoms with E-state index in [9.17, 15) is 13.2 Å². The van der Waals surface area contributed by atoms with Gasteiger partial charge in [0, 0.05) is 24.0 Å². The first-order valence-electron chi connectivity index (χ1n) is 5.73. The second kappa shape index (κ2) is 5.92. The third-order valence-electron chi connectivity index (χ3n) is 2.64. The van der Waals surface area contributed by atoms with Crippen LogP contribution in [0.5, 0.6) is 0 Å². The van der Waals surface area contributed by atoms with Gasteiger partial charge in [-0.05, 0) is 18.2 Å². The van der Waals surface area contributed by atoms with E-state index in [1.54, 1.807) is 11.6 Å². The molecule has 0 unspecified atom stereocenters. The molecule has 0 radical (unpaired) electrons. The number of rotatable bonds is 4. The highest BCUT2D eigenvalue weighted by Gasteiger charge is 2.33. The summed E-state index contributed by atoms with van der Waals surface area (Å²) in [5.74, 6) is 0. The molecule has 20 heavy (non-hydrogen) atoms. The molecule has 0 aliphatic heterocycles. The molecule has 7 heteroatoms. The molecule has 3 nitrogen and oxygen atoms in total. The predicted octanol–water partition coefficient (Wildman–Crippen LogP) is 3.69. The van der Waals surface area contributed by atoms with Gasteiger partial charge in [0.15, 0.2) is 0 Å². The summed E-state index contributed by atoms with van der Waals surface area (Å²) in [6, 6.07) is 5.15. The zero-order valence-corrected chi connectivity index (χ0v) is 11.1. The fourth-order valence-corrected chi connectivity index (χ4v) is 2.28. The summed E-state index contributed by atoms with van der Waals surface area (Å²) >= 11 is 1.47. The van der Waals surface area contributed by atoms with Crippen molar-refractivity contribution in [2.45, 2.75) is 12.6 Å². The Morgan fingerprint density at radius 3 is 2.75 bits per heavy atom. The first kappa shape index (κ1) is 14.3. The highest BCUT2D eigenvalue weighted by molar-refractivity contribution is 7.07. The van der Waals surface area contributed by atoms with Crippen LogP contribution in [0.15, 0.2) is 29.1 Å². The van der Waals surface area contributed by atoms with Crippen molar-refractivity contribution >= 4 is 17.0 Å². The first-order valence-corrected chi connectivity index (χ1v) is 6.67. The van der Waals surface area contributed by atoms with Crippen LogP contribution in [0.4, 0.5) is 18.9 Å². The van der Waals surface area contributed by atoms with Gasteiger partial charge in [-0.3, -0.25) is 0 Å². The van der Waals surface area contributed by atoms with Crippen molar-refractivity contribution in [2.75, 3.05) is 11.9 Å². The zero-order chi connectivity index (χ0) is 14.6. The van der Waals surface area contributed by atoms with Gasteiger partial charge < -0.3 is 5.32 Å². The van der Waals surface area contributed by atoms with Crippen molar-refractivity contribution in [3.8, 4) is 6.07 Å². The molecule has 0 amide bonds. The number of nitrogens with one attached hydrogen (secondary N) is 1. The van der Waals surface area contributed by atoms with Gasteiger partial charge in [-0.25, -0.2) is 4.98 Å². The second-order valence-corrected chi connectivity index (χ2v) is 4.75. The van der Waals surface area contributed by atoms with E-state index >= 15 is 0 Å². The van der Waals surface area contributed by atoms with E-state index in [2.05, 4.69) is 10.3 Å². The Labute approximate surface area is 117 Å². The third-order valence-corrected chi connectivity index (χ3v) is 3.27. The molecule has 1 aromatic heterocycles. The number of anilines is 1. The van der Waals surface area contributed by atoms with Crippen LogP contribution in [0.1, 0.15) is 16.8 Å². The van der Waals surface area contributed by atoms with Crippen molar-refractivity contribution in [1.29, 1.82) is 5.26 Å². The van der Waals surface area contributed by atoms with Gasteiger partial charge >= 0.3 is 6.18 Å². The Morgan fingerprint density at radius 2 is 2.15 bits per heavy atom. The maximum Gasteiger partial charge on any atom is 0.417 e. The fourth-order valence-electron chi connectivity index (χ4n) is 1.68. The molecule has 2 rings (SSSR count). The van der Waals surface area contributed by atoms with E-state index in [0.717, 1.165) is 11.8 Å². The lowest BCUT2D eigenvalue weighted by Gasteiger charge is -2.12. The molecule has 0 saturated heterocycles. The number of hydrogen-bond donors (Lipinski definition) is 1. The van der Waals surface area contributed by atoms with Crippen LogP contribution in [0.25, 0.3) is 0 Å². The maximum atomic E-state index is 12.8. The molecule has 0 aliphatic rings. The van der Waals surface area contributed by atoms with E-state index in [1.165, 1.54) is 23.5 Å². The molecule has 1 aromatic carbocycles. The van der Waals surface area contributed by atoms with E-state index in [4.69, 9.17) is 5.26 Å². The van der Waals surface area contributed by atoms with Gasteiger partial charge in [-0.15, -0.1) is 11.3 Å². The van der Waals surface area contributed by atoms with Gasteiger partial charge in [0.2, 0.25) is 0 Å². The monoisotopic (exact) mass is 297 g/mol. The van der Waals surface area contributed by atoms with Gasteiger partial charge in [-0.1, -0.05) is 0 Å². The Balaban J connectivity index is 2.07. The van der Waals surface area contributed by atoms with Crippen molar-refractivity contribution in [3.63, 3.8) is 0 Å². The molecule has 0 saturated carbocycles. The summed E-state index contributed by atoms with van der Waals surface area (Å²) in [7, 11) is 0. The van der Waals surface area contributed by atoms with Crippen molar-refractivity contribution in [2.24, 2.45) is 0 Å². The number of hydrogen-bond acceptors (Lipinski definition) is 4. The van der Waals surface area contributed by atoms with E-state index in [0.29, 0.717) is 18.7 Å². The van der Waals surface area contributed by atoms with Crippen LogP contribution in [0.3, 0.4) is 0 Å². The lowest BCUT2D eigenvalue weighted by molar-refractivity contribution is -0.137. The molecule has 0 fully saturated rings. The number of thiazole rings is 1. The Morgan fingerprint density at radius 1 is 1.35 bits per heavy atom. The summed E-state index contributed by atoms with van der Waals surface area (Å²) in [5, 5.41) is 13.5. The molecule has 1 N–H and O–H groups in total. The quantitative estimate of drug-likeness (QED) is 0.936. The number of nitrogens with zero attached hydrogens (tertiary/aromatic N) is 2. The number of alkyl halides is 3. The van der Waals surface area contributed by atoms with E-state index in [-0.39, 0.29) is 5.56 Å². The summed E-state index contributed by atoms with van der Waals surface area (Å²) in [5.41, 5.74) is 1.65. The SMILES string of the molecule is N#Cc1ccc(NCCc2cscn2)cc1C(F)(F)F. The fraction of sp³-hybridized carbons (Fsp3) is 0.231. The summed E-state index contributed by atoms with van der Waals surface area (Å²) in [6.07, 6.45) is -3.90. The van der Waals surface area contributed by atoms with Crippen LogP contribution >= 0.6 is 11.3 Å². The van der Waals surface area contributed by atoms with Crippen LogP contribution < -0.4 is 5.32 Å². The lowest BCUT2D eigenvalue weighted by atomic mass is 10.1. The Hall–Kier alpha value is -2.07. The topological polar surface area (TPSA) is 48.7 Å². The Kier molecular flexibility index (Phi) is 4.25. The van der Waals surface area contributed by atoms with Gasteiger partial charge in [0.05, 0.1) is 28.4 Å². The zero-order valence-electron chi connectivity index (χ0n) is 10.2. The average molecular weight is 297 g/mol. The van der Waals surface area contributed by atoms with E-state index < -0.39 is 11.7 Å². The highest BCUT2D eigenvalue weighted by atomic mass is 32.1. The molecule has 0 spiro atoms. The molecule has 1 heterocycles. The molecular weight excluding hydrogens is 287 g/mol. The smallest absolute Gasteiger partial charge is 0.385 e. The summed E-state index contributed by atoms with van der Waals surface area (Å²) in [6.45, 7) is 0.479. The number of benzene rings is 1. The van der Waals surface area contributed by atoms with Crippen LogP contribution in [0.2, 0.25) is 0 Å². The van der Waals surface area contributed by atoms with Gasteiger partial charge in [0.1, 0.15) is 0 Å². The minimum atomic E-state index is -4.53. The number of nitriles is 1. The number of aromatic nitrogens is 1. The minimum Gasteiger partial charge on any atom is -0.385 e. The van der Waals surface area contributed by atoms with Crippen molar-refractivity contribution in [1.82, 2.24) is 4.98 Å². The van der Waals surface area contributed by atoms with Crippen molar-refractivity contribution in [3.05, 3.63) is 45.9 Å². The molecule has 104 valence electrons. The van der Waals surface area contributed by atoms with Crippen molar-refractivity contribution < 1.29 is 13.2 Å². The van der Waals surface area contributed by atoms with Crippen LogP contribution in [-0.2, 0) is 12.6 Å². The molecular formula is C13H10F3N3S. The maximum absolute atomic E-state index is 12.8. The largest absolute Gasteiger partial charge is 0.417 e. The highest BCUT2D eigenvalue weighted by Crippen LogP contribution is 2.33. The lowest BCUT2D eigenvalue weighted by Crippen LogP contribution is -2.10. The second-order valence-electron chi connectivity index (χ2n) is 4.03. The van der Waals surface area contributed by atoms with Gasteiger partial charge in [0.25, 0.3) is 0 Å².